The van der Waals surface area contributed by atoms with E-state index in [-0.39, 0.29) is 40.0 Å². The average Bonchev–Trinajstić information content (AvgIpc) is 3.14. The van der Waals surface area contributed by atoms with Crippen LogP contribution in [-0.2, 0) is 4.79 Å². The van der Waals surface area contributed by atoms with E-state index in [1.807, 2.05) is 0 Å². The lowest BCUT2D eigenvalue weighted by molar-refractivity contribution is -0.211. The van der Waals surface area contributed by atoms with Gasteiger partial charge in [0, 0.05) is 35.8 Å². The number of fused-ring (bicyclic) bond motifs is 1. The van der Waals surface area contributed by atoms with Crippen LogP contribution in [0.25, 0.3) is 0 Å². The number of carbonyl (C=O) groups is 1. The van der Waals surface area contributed by atoms with Crippen LogP contribution in [-0.4, -0.2) is 52.2 Å². The lowest BCUT2D eigenvalue weighted by Crippen LogP contribution is -2.68. The molecule has 5 unspecified atom stereocenters. The number of likely N-dealkylation sites (tertiary alicyclic amines) is 1. The van der Waals surface area contributed by atoms with Crippen LogP contribution in [0.5, 0.6) is 0 Å². The Bertz CT molecular complexity index is 735. The van der Waals surface area contributed by atoms with Crippen molar-refractivity contribution in [3.63, 3.8) is 0 Å². The molecule has 0 aromatic heterocycles. The van der Waals surface area contributed by atoms with E-state index in [1.165, 1.54) is 0 Å². The van der Waals surface area contributed by atoms with Crippen molar-refractivity contribution < 1.29 is 15.0 Å². The zero-order chi connectivity index (χ0) is 18.2. The number of piperidine rings is 1. The van der Waals surface area contributed by atoms with Gasteiger partial charge < -0.3 is 10.2 Å². The Kier molecular flexibility index (Phi) is 2.80. The highest BCUT2D eigenvalue weighted by Crippen LogP contribution is 2.83. The lowest BCUT2D eigenvalue weighted by Gasteiger charge is -2.65. The van der Waals surface area contributed by atoms with E-state index >= 15 is 0 Å². The van der Waals surface area contributed by atoms with Gasteiger partial charge in [0.25, 0.3) is 0 Å². The van der Waals surface area contributed by atoms with Gasteiger partial charge >= 0.3 is 0 Å². The number of aliphatic hydroxyl groups excluding tert-OH is 2. The molecular weight excluding hydrogens is 326 g/mol. The summed E-state index contributed by atoms with van der Waals surface area (Å²) in [4.78, 5) is 15.6. The fourth-order valence-electron chi connectivity index (χ4n) is 9.75. The predicted molar refractivity (Wildman–Crippen MR) is 97.2 cm³/mol. The Labute approximate surface area is 155 Å². The van der Waals surface area contributed by atoms with Crippen molar-refractivity contribution in [3.8, 4) is 0 Å². The summed E-state index contributed by atoms with van der Waals surface area (Å²) in [6.07, 6.45) is 3.50. The summed E-state index contributed by atoms with van der Waals surface area (Å²) < 4.78 is 0. The van der Waals surface area contributed by atoms with E-state index in [0.29, 0.717) is 24.3 Å². The SMILES string of the molecule is C=C1[C@H]2C[C@@]3(C4CC5C6(C)CCC(O)[C@@]5(C4N(CC)C6)[C@@H]3CC2=O)[C@@H]1O. The molecule has 2 N–H and O–H groups in total. The van der Waals surface area contributed by atoms with Crippen molar-refractivity contribution in [1.82, 2.24) is 4.90 Å². The second-order valence-corrected chi connectivity index (χ2v) is 10.7. The molecule has 1 saturated heterocycles. The molecule has 2 spiro atoms. The largest absolute Gasteiger partial charge is 0.392 e. The van der Waals surface area contributed by atoms with Crippen molar-refractivity contribution in [2.24, 2.45) is 39.9 Å². The number of carbonyl (C=O) groups excluding carboxylic acids is 1. The fourth-order valence-corrected chi connectivity index (χ4v) is 9.75. The Morgan fingerprint density at radius 3 is 2.81 bits per heavy atom. The highest BCUT2D eigenvalue weighted by molar-refractivity contribution is 5.87. The molecule has 7 bridgehead atoms. The molecule has 142 valence electrons. The van der Waals surface area contributed by atoms with Gasteiger partial charge in [-0.2, -0.15) is 0 Å². The maximum absolute atomic E-state index is 13.0. The second-order valence-electron chi connectivity index (χ2n) is 10.7. The highest BCUT2D eigenvalue weighted by atomic mass is 16.3. The molecule has 4 heteroatoms. The summed E-state index contributed by atoms with van der Waals surface area (Å²) in [7, 11) is 0. The molecule has 1 aliphatic heterocycles. The first kappa shape index (κ1) is 16.3. The number of Topliss-reactive ketones (excluding diaryl/α,β-unsaturated/α-hetero) is 1. The van der Waals surface area contributed by atoms with Crippen LogP contribution in [0, 0.1) is 39.9 Å². The van der Waals surface area contributed by atoms with E-state index in [2.05, 4.69) is 25.3 Å². The average molecular weight is 357 g/mol. The molecule has 0 aromatic rings. The van der Waals surface area contributed by atoms with Crippen molar-refractivity contribution in [2.45, 2.75) is 64.2 Å². The van der Waals surface area contributed by atoms with Crippen LogP contribution in [0.3, 0.4) is 0 Å². The number of ketones is 1. The molecule has 5 aliphatic carbocycles. The van der Waals surface area contributed by atoms with Gasteiger partial charge in [-0.3, -0.25) is 9.69 Å². The van der Waals surface area contributed by atoms with Crippen molar-refractivity contribution in [3.05, 3.63) is 12.2 Å². The van der Waals surface area contributed by atoms with Gasteiger partial charge in [-0.1, -0.05) is 20.4 Å². The summed E-state index contributed by atoms with van der Waals surface area (Å²) in [6, 6.07) is 0.331. The Morgan fingerprint density at radius 1 is 1.31 bits per heavy atom. The van der Waals surface area contributed by atoms with Gasteiger partial charge in [-0.05, 0) is 61.0 Å². The zero-order valence-electron chi connectivity index (χ0n) is 15.9. The monoisotopic (exact) mass is 357 g/mol. The van der Waals surface area contributed by atoms with Crippen LogP contribution in [0.2, 0.25) is 0 Å². The van der Waals surface area contributed by atoms with Gasteiger partial charge in [-0.25, -0.2) is 0 Å². The molecule has 0 amide bonds. The first-order valence-electron chi connectivity index (χ1n) is 10.6. The quantitative estimate of drug-likeness (QED) is 0.705. The molecule has 0 radical (unpaired) electrons. The molecule has 6 aliphatic rings. The third-order valence-corrected chi connectivity index (χ3v) is 10.4. The number of hydrogen-bond acceptors (Lipinski definition) is 4. The number of rotatable bonds is 1. The maximum Gasteiger partial charge on any atom is 0.140 e. The van der Waals surface area contributed by atoms with Gasteiger partial charge in [0.2, 0.25) is 0 Å². The van der Waals surface area contributed by atoms with Gasteiger partial charge in [-0.15, -0.1) is 0 Å². The van der Waals surface area contributed by atoms with E-state index in [4.69, 9.17) is 0 Å². The molecule has 4 nitrogen and oxygen atoms in total. The van der Waals surface area contributed by atoms with Gasteiger partial charge in [0.15, 0.2) is 0 Å². The molecule has 6 fully saturated rings. The smallest absolute Gasteiger partial charge is 0.140 e. The van der Waals surface area contributed by atoms with Crippen LogP contribution >= 0.6 is 0 Å². The second kappa shape index (κ2) is 4.47. The highest BCUT2D eigenvalue weighted by Gasteiger charge is 2.85. The summed E-state index contributed by atoms with van der Waals surface area (Å²) in [5.41, 5.74) is 0.598. The first-order chi connectivity index (χ1) is 12.3. The third-order valence-electron chi connectivity index (χ3n) is 10.4. The number of nitrogens with zero attached hydrogens (tertiary/aromatic N) is 1. The minimum atomic E-state index is -0.561. The van der Waals surface area contributed by atoms with Crippen molar-refractivity contribution in [2.75, 3.05) is 13.1 Å². The van der Waals surface area contributed by atoms with Crippen LogP contribution in [0.15, 0.2) is 12.2 Å². The van der Waals surface area contributed by atoms with Crippen molar-refractivity contribution >= 4 is 5.78 Å². The summed E-state index contributed by atoms with van der Waals surface area (Å²) >= 11 is 0. The molecule has 5 saturated carbocycles. The topological polar surface area (TPSA) is 60.8 Å². The third kappa shape index (κ3) is 1.33. The lowest BCUT2D eigenvalue weighted by atomic mass is 9.43. The van der Waals surface area contributed by atoms with Gasteiger partial charge in [0.05, 0.1) is 12.2 Å². The number of hydrogen-bond donors (Lipinski definition) is 2. The Morgan fingerprint density at radius 2 is 2.08 bits per heavy atom. The first-order valence-corrected chi connectivity index (χ1v) is 10.6. The molecule has 10 atom stereocenters. The standard InChI is InChI=1S/C22H31NO3/c1-4-23-10-20(3)6-5-17(25)22-15(20)7-13(18(22)23)21-9-12(11(2)19(21)26)14(24)8-16(21)22/h12-13,15-19,25-26H,2,4-10H2,1,3H3/t12-,13?,15?,16-,17?,18?,19-,20?,21+,22+/m1/s1. The molecule has 1 heterocycles. The van der Waals surface area contributed by atoms with Crippen LogP contribution in [0.4, 0.5) is 0 Å². The molecule has 0 aromatic carbocycles. The summed E-state index contributed by atoms with van der Waals surface area (Å²) in [5.74, 6) is 1.16. The van der Waals surface area contributed by atoms with Crippen LogP contribution in [0.1, 0.15) is 46.0 Å². The zero-order valence-corrected chi connectivity index (χ0v) is 15.9. The minimum absolute atomic E-state index is 0.130. The molecular formula is C22H31NO3. The summed E-state index contributed by atoms with van der Waals surface area (Å²) in [5, 5.41) is 22.8. The maximum atomic E-state index is 13.0. The van der Waals surface area contributed by atoms with Crippen molar-refractivity contribution in [1.29, 1.82) is 0 Å². The van der Waals surface area contributed by atoms with Crippen LogP contribution < -0.4 is 0 Å². The summed E-state index contributed by atoms with van der Waals surface area (Å²) in [6.45, 7) is 10.9. The Hall–Kier alpha value is -0.710. The fraction of sp³-hybridized carbons (Fsp3) is 0.864. The predicted octanol–water partition coefficient (Wildman–Crippen LogP) is 2.00. The Balaban J connectivity index is 1.62. The molecule has 6 rings (SSSR count). The number of aliphatic hydroxyl groups is 2. The normalized spacial score (nSPS) is 62.7. The van der Waals surface area contributed by atoms with E-state index in [0.717, 1.165) is 44.3 Å². The molecule has 26 heavy (non-hydrogen) atoms. The minimum Gasteiger partial charge on any atom is -0.392 e. The van der Waals surface area contributed by atoms with E-state index < -0.39 is 6.10 Å². The van der Waals surface area contributed by atoms with E-state index in [1.54, 1.807) is 0 Å². The van der Waals surface area contributed by atoms with E-state index in [9.17, 15) is 15.0 Å². The van der Waals surface area contributed by atoms with Gasteiger partial charge in [0.1, 0.15) is 5.78 Å².